The van der Waals surface area contributed by atoms with Gasteiger partial charge in [-0.1, -0.05) is 17.7 Å². The van der Waals surface area contributed by atoms with Crippen LogP contribution in [0.4, 0.5) is 20.3 Å². The lowest BCUT2D eigenvalue weighted by Gasteiger charge is -2.31. The predicted octanol–water partition coefficient (Wildman–Crippen LogP) is 4.72. The van der Waals surface area contributed by atoms with E-state index in [1.807, 2.05) is 18.2 Å². The highest BCUT2D eigenvalue weighted by molar-refractivity contribution is 7.86. The van der Waals surface area contributed by atoms with Crippen molar-refractivity contribution in [2.24, 2.45) is 0 Å². The summed E-state index contributed by atoms with van der Waals surface area (Å²) >= 11 is 6.20. The van der Waals surface area contributed by atoms with Crippen LogP contribution in [0.25, 0.3) is 22.0 Å². The third-order valence-electron chi connectivity index (χ3n) is 5.85. The van der Waals surface area contributed by atoms with Gasteiger partial charge in [0.15, 0.2) is 16.1 Å². The Morgan fingerprint density at radius 1 is 1.03 bits per heavy atom. The number of rotatable bonds is 5. The third kappa shape index (κ3) is 4.95. The van der Waals surface area contributed by atoms with Crippen molar-refractivity contribution in [3.05, 3.63) is 71.8 Å². The summed E-state index contributed by atoms with van der Waals surface area (Å²) in [6.45, 7) is 1.39. The minimum absolute atomic E-state index is 0.0568. The number of pyridine rings is 1. The van der Waals surface area contributed by atoms with Gasteiger partial charge in [0.05, 0.1) is 22.2 Å². The van der Waals surface area contributed by atoms with Crippen LogP contribution in [0.1, 0.15) is 12.8 Å². The Kier molecular flexibility index (Phi) is 6.59. The molecule has 0 aliphatic carbocycles. The summed E-state index contributed by atoms with van der Waals surface area (Å²) in [6.07, 6.45) is 4.16. The molecule has 11 heteroatoms. The lowest BCUT2D eigenvalue weighted by molar-refractivity contribution is 0.145. The van der Waals surface area contributed by atoms with Gasteiger partial charge in [-0.05, 0) is 48.7 Å². The first-order valence-corrected chi connectivity index (χ1v) is 12.4. The van der Waals surface area contributed by atoms with Crippen LogP contribution in [0.2, 0.25) is 5.15 Å². The number of anilines is 2. The summed E-state index contributed by atoms with van der Waals surface area (Å²) in [6, 6.07) is 10.2. The van der Waals surface area contributed by atoms with Crippen molar-refractivity contribution in [1.82, 2.24) is 15.0 Å². The number of aliphatic hydroxyl groups excluding tert-OH is 1. The molecule has 0 spiro atoms. The highest BCUT2D eigenvalue weighted by Gasteiger charge is 2.20. The fourth-order valence-corrected chi connectivity index (χ4v) is 5.11. The van der Waals surface area contributed by atoms with Crippen LogP contribution in [-0.2, 0) is 11.0 Å². The summed E-state index contributed by atoms with van der Waals surface area (Å²) in [5, 5.41) is 10.8. The first kappa shape index (κ1) is 23.5. The second kappa shape index (κ2) is 9.80. The smallest absolute Gasteiger partial charge is 0.153 e. The number of fused-ring (bicyclic) bond motifs is 1. The van der Waals surface area contributed by atoms with Crippen LogP contribution in [0.3, 0.4) is 0 Å². The van der Waals surface area contributed by atoms with Gasteiger partial charge in [-0.25, -0.2) is 27.9 Å². The molecule has 1 aliphatic heterocycles. The number of aromatic nitrogens is 3. The number of hydrogen-bond donors (Lipinski definition) is 2. The highest BCUT2D eigenvalue weighted by atomic mass is 35.5. The molecule has 1 atom stereocenters. The van der Waals surface area contributed by atoms with E-state index in [1.54, 1.807) is 12.3 Å². The van der Waals surface area contributed by atoms with Crippen molar-refractivity contribution < 1.29 is 18.1 Å². The van der Waals surface area contributed by atoms with E-state index in [-0.39, 0.29) is 21.8 Å². The second-order valence-corrected chi connectivity index (χ2v) is 9.69. The monoisotopic (exact) mass is 515 g/mol. The number of piperidine rings is 1. The SMILES string of the molecule is O=S(Nc1cc(-c2ccc3ncnc(N4CCC(O)CC4)c3c2)cnc1Cl)c1ccc(F)cc1F. The summed E-state index contributed by atoms with van der Waals surface area (Å²) in [5.74, 6) is -0.898. The van der Waals surface area contributed by atoms with Gasteiger partial charge in [0.1, 0.15) is 23.8 Å². The Morgan fingerprint density at radius 2 is 1.83 bits per heavy atom. The highest BCUT2D eigenvalue weighted by Crippen LogP contribution is 2.32. The van der Waals surface area contributed by atoms with E-state index in [2.05, 4.69) is 24.6 Å². The molecule has 1 aliphatic rings. The maximum atomic E-state index is 14.1. The fraction of sp³-hybridized carbons (Fsp3) is 0.208. The summed E-state index contributed by atoms with van der Waals surface area (Å²) < 4.78 is 42.6. The quantitative estimate of drug-likeness (QED) is 0.374. The van der Waals surface area contributed by atoms with Crippen LogP contribution >= 0.6 is 11.6 Å². The number of benzene rings is 2. The Bertz CT molecular complexity index is 1430. The van der Waals surface area contributed by atoms with Crippen LogP contribution in [0.15, 0.2) is 59.9 Å². The summed E-state index contributed by atoms with van der Waals surface area (Å²) in [4.78, 5) is 15.0. The maximum absolute atomic E-state index is 14.1. The number of aliphatic hydroxyl groups is 1. The van der Waals surface area contributed by atoms with E-state index < -0.39 is 22.6 Å². The maximum Gasteiger partial charge on any atom is 0.153 e. The molecule has 7 nitrogen and oxygen atoms in total. The Hall–Kier alpha value is -3.21. The molecule has 2 aromatic carbocycles. The molecule has 5 rings (SSSR count). The molecule has 1 fully saturated rings. The average molecular weight is 516 g/mol. The predicted molar refractivity (Wildman–Crippen MR) is 132 cm³/mol. The summed E-state index contributed by atoms with van der Waals surface area (Å²) in [7, 11) is -2.02. The molecular formula is C24H20ClF2N5O2S. The zero-order valence-corrected chi connectivity index (χ0v) is 19.9. The average Bonchev–Trinajstić information content (AvgIpc) is 2.85. The van der Waals surface area contributed by atoms with E-state index in [9.17, 15) is 18.1 Å². The first-order valence-electron chi connectivity index (χ1n) is 10.9. The molecule has 4 aromatic rings. The molecule has 180 valence electrons. The molecule has 0 amide bonds. The Balaban J connectivity index is 1.47. The fourth-order valence-electron chi connectivity index (χ4n) is 4.01. The molecule has 0 bridgehead atoms. The largest absolute Gasteiger partial charge is 0.393 e. The van der Waals surface area contributed by atoms with Crippen molar-refractivity contribution in [1.29, 1.82) is 0 Å². The van der Waals surface area contributed by atoms with Gasteiger partial charge in [0.2, 0.25) is 0 Å². The number of halogens is 3. The molecule has 1 unspecified atom stereocenters. The van der Waals surface area contributed by atoms with Gasteiger partial charge in [0.25, 0.3) is 0 Å². The zero-order chi connectivity index (χ0) is 24.5. The molecule has 1 saturated heterocycles. The van der Waals surface area contributed by atoms with E-state index in [4.69, 9.17) is 11.6 Å². The lowest BCUT2D eigenvalue weighted by atomic mass is 10.0. The first-order chi connectivity index (χ1) is 16.9. The normalized spacial score (nSPS) is 15.4. The van der Waals surface area contributed by atoms with Gasteiger partial charge in [-0.15, -0.1) is 0 Å². The second-order valence-electron chi connectivity index (χ2n) is 8.16. The van der Waals surface area contributed by atoms with Crippen LogP contribution < -0.4 is 9.62 Å². The molecule has 3 heterocycles. The van der Waals surface area contributed by atoms with Crippen molar-refractivity contribution in [3.8, 4) is 11.1 Å². The van der Waals surface area contributed by atoms with Gasteiger partial charge in [-0.3, -0.25) is 4.72 Å². The van der Waals surface area contributed by atoms with Crippen molar-refractivity contribution >= 4 is 45.0 Å². The molecular weight excluding hydrogens is 496 g/mol. The molecule has 2 aromatic heterocycles. The Labute approximate surface area is 207 Å². The van der Waals surface area contributed by atoms with E-state index in [0.717, 1.165) is 34.4 Å². The van der Waals surface area contributed by atoms with Gasteiger partial charge < -0.3 is 10.0 Å². The van der Waals surface area contributed by atoms with E-state index in [1.165, 1.54) is 6.33 Å². The molecule has 2 N–H and O–H groups in total. The number of hydrogen-bond acceptors (Lipinski definition) is 6. The van der Waals surface area contributed by atoms with Crippen LogP contribution in [-0.4, -0.2) is 43.5 Å². The standard InChI is InChI=1S/C24H20ClF2N5O2S/c25-23-21(31-35(34)22-4-2-16(26)11-19(22)27)10-15(12-28-23)14-1-3-20-18(9-14)24(30-13-29-20)32-7-5-17(33)6-8-32/h1-4,9-13,17,31,33H,5-8H2. The third-order valence-corrected chi connectivity index (χ3v) is 7.28. The van der Waals surface area contributed by atoms with E-state index >= 15 is 0 Å². The minimum Gasteiger partial charge on any atom is -0.393 e. The van der Waals surface area contributed by atoms with Gasteiger partial charge in [0, 0.05) is 36.3 Å². The van der Waals surface area contributed by atoms with Gasteiger partial charge in [-0.2, -0.15) is 0 Å². The minimum atomic E-state index is -2.02. The lowest BCUT2D eigenvalue weighted by Crippen LogP contribution is -2.36. The number of nitrogens with one attached hydrogen (secondary N) is 1. The summed E-state index contributed by atoms with van der Waals surface area (Å²) in [5.41, 5.74) is 2.50. The van der Waals surface area contributed by atoms with Crippen molar-refractivity contribution in [2.75, 3.05) is 22.7 Å². The molecule has 0 radical (unpaired) electrons. The van der Waals surface area contributed by atoms with Crippen molar-refractivity contribution in [2.45, 2.75) is 23.8 Å². The van der Waals surface area contributed by atoms with Crippen molar-refractivity contribution in [3.63, 3.8) is 0 Å². The Morgan fingerprint density at radius 3 is 2.60 bits per heavy atom. The van der Waals surface area contributed by atoms with E-state index in [0.29, 0.717) is 37.6 Å². The van der Waals surface area contributed by atoms with Crippen LogP contribution in [0.5, 0.6) is 0 Å². The topological polar surface area (TPSA) is 91.2 Å². The molecule has 35 heavy (non-hydrogen) atoms. The molecule has 0 saturated carbocycles. The number of nitrogens with zero attached hydrogens (tertiary/aromatic N) is 4. The van der Waals surface area contributed by atoms with Crippen LogP contribution in [0, 0.1) is 11.6 Å². The van der Waals surface area contributed by atoms with Gasteiger partial charge >= 0.3 is 0 Å². The zero-order valence-electron chi connectivity index (χ0n) is 18.3.